The highest BCUT2D eigenvalue weighted by molar-refractivity contribution is 9.10. The van der Waals surface area contributed by atoms with Gasteiger partial charge in [-0.1, -0.05) is 41.9 Å². The Morgan fingerprint density at radius 2 is 1.73 bits per heavy atom. The van der Waals surface area contributed by atoms with Crippen molar-refractivity contribution in [3.05, 3.63) is 34.3 Å². The smallest absolute Gasteiger partial charge is 0.0916 e. The summed E-state index contributed by atoms with van der Waals surface area (Å²) in [5.74, 6) is 0. The zero-order valence-electron chi connectivity index (χ0n) is 9.28. The average molecular weight is 272 g/mol. The van der Waals surface area contributed by atoms with Gasteiger partial charge in [0, 0.05) is 11.0 Å². The minimum atomic E-state index is -0.391. The molecule has 0 radical (unpaired) electrons. The lowest BCUT2D eigenvalue weighted by Gasteiger charge is -2.22. The molecule has 1 atom stereocenters. The third kappa shape index (κ3) is 3.93. The van der Waals surface area contributed by atoms with Gasteiger partial charge in [-0.25, -0.2) is 0 Å². The van der Waals surface area contributed by atoms with Gasteiger partial charge < -0.3 is 10.0 Å². The zero-order valence-corrected chi connectivity index (χ0v) is 10.9. The van der Waals surface area contributed by atoms with Crippen LogP contribution in [0, 0.1) is 0 Å². The van der Waals surface area contributed by atoms with Crippen LogP contribution in [-0.4, -0.2) is 29.6 Å². The van der Waals surface area contributed by atoms with E-state index in [0.717, 1.165) is 23.1 Å². The Morgan fingerprint density at radius 1 is 1.20 bits per heavy atom. The molecular formula is C12H18BrNO. The number of hydrogen-bond donors (Lipinski definition) is 1. The fraction of sp³-hybridized carbons (Fsp3) is 0.500. The molecule has 3 heteroatoms. The van der Waals surface area contributed by atoms with E-state index in [1.807, 2.05) is 24.3 Å². The van der Waals surface area contributed by atoms with Gasteiger partial charge in [-0.2, -0.15) is 0 Å². The minimum absolute atomic E-state index is 0.391. The van der Waals surface area contributed by atoms with Crippen molar-refractivity contribution in [2.45, 2.75) is 20.0 Å². The molecule has 0 saturated heterocycles. The topological polar surface area (TPSA) is 23.5 Å². The van der Waals surface area contributed by atoms with Gasteiger partial charge in [-0.05, 0) is 30.8 Å². The van der Waals surface area contributed by atoms with E-state index in [1.165, 1.54) is 0 Å². The lowest BCUT2D eigenvalue weighted by Crippen LogP contribution is -2.28. The molecular weight excluding hydrogens is 254 g/mol. The number of halogens is 1. The first-order valence-corrected chi connectivity index (χ1v) is 6.12. The number of likely N-dealkylation sites (N-methyl/N-ethyl adjacent to an activating group) is 1. The van der Waals surface area contributed by atoms with Gasteiger partial charge in [0.2, 0.25) is 0 Å². The van der Waals surface area contributed by atoms with Crippen molar-refractivity contribution < 1.29 is 5.11 Å². The van der Waals surface area contributed by atoms with Crippen molar-refractivity contribution in [2.75, 3.05) is 19.6 Å². The predicted octanol–water partition coefficient (Wildman–Crippen LogP) is 2.82. The van der Waals surface area contributed by atoms with E-state index >= 15 is 0 Å². The zero-order chi connectivity index (χ0) is 11.3. The van der Waals surface area contributed by atoms with E-state index in [1.54, 1.807) is 0 Å². The van der Waals surface area contributed by atoms with Crippen LogP contribution in [-0.2, 0) is 0 Å². The highest BCUT2D eigenvalue weighted by Gasteiger charge is 2.10. The van der Waals surface area contributed by atoms with Gasteiger partial charge in [-0.3, -0.25) is 0 Å². The number of aliphatic hydroxyl groups excluding tert-OH is 1. The fourth-order valence-electron chi connectivity index (χ4n) is 1.52. The molecule has 84 valence electrons. The fourth-order valence-corrected chi connectivity index (χ4v) is 1.78. The number of aliphatic hydroxyl groups is 1. The molecule has 0 spiro atoms. The number of nitrogens with zero attached hydrogens (tertiary/aromatic N) is 1. The van der Waals surface area contributed by atoms with Crippen molar-refractivity contribution in [1.29, 1.82) is 0 Å². The van der Waals surface area contributed by atoms with Crippen LogP contribution < -0.4 is 0 Å². The third-order valence-corrected chi connectivity index (χ3v) is 3.11. The van der Waals surface area contributed by atoms with Gasteiger partial charge >= 0.3 is 0 Å². The predicted molar refractivity (Wildman–Crippen MR) is 66.9 cm³/mol. The second-order valence-corrected chi connectivity index (χ2v) is 4.47. The largest absolute Gasteiger partial charge is 0.387 e. The molecule has 1 aromatic rings. The summed E-state index contributed by atoms with van der Waals surface area (Å²) in [4.78, 5) is 2.21. The van der Waals surface area contributed by atoms with Crippen LogP contribution >= 0.6 is 15.9 Å². The van der Waals surface area contributed by atoms with E-state index in [-0.39, 0.29) is 0 Å². The van der Waals surface area contributed by atoms with Crippen molar-refractivity contribution in [1.82, 2.24) is 4.90 Å². The molecule has 0 bridgehead atoms. The quantitative estimate of drug-likeness (QED) is 0.891. The Morgan fingerprint density at radius 3 is 2.20 bits per heavy atom. The van der Waals surface area contributed by atoms with Crippen LogP contribution in [0.3, 0.4) is 0 Å². The van der Waals surface area contributed by atoms with Crippen molar-refractivity contribution >= 4 is 15.9 Å². The van der Waals surface area contributed by atoms with Crippen LogP contribution in [0.4, 0.5) is 0 Å². The summed E-state index contributed by atoms with van der Waals surface area (Å²) in [7, 11) is 0. The van der Waals surface area contributed by atoms with Crippen molar-refractivity contribution in [2.24, 2.45) is 0 Å². The highest BCUT2D eigenvalue weighted by Crippen LogP contribution is 2.17. The van der Waals surface area contributed by atoms with E-state index < -0.39 is 6.10 Å². The molecule has 0 aromatic heterocycles. The first-order chi connectivity index (χ1) is 7.17. The summed E-state index contributed by atoms with van der Waals surface area (Å²) in [6.07, 6.45) is -0.391. The van der Waals surface area contributed by atoms with Crippen molar-refractivity contribution in [3.8, 4) is 0 Å². The van der Waals surface area contributed by atoms with Crippen LogP contribution in [0.25, 0.3) is 0 Å². The molecule has 15 heavy (non-hydrogen) atoms. The van der Waals surface area contributed by atoms with Crippen LogP contribution in [0.15, 0.2) is 28.7 Å². The molecule has 0 aliphatic rings. The van der Waals surface area contributed by atoms with E-state index in [0.29, 0.717) is 6.54 Å². The maximum Gasteiger partial charge on any atom is 0.0916 e. The first kappa shape index (κ1) is 12.7. The summed E-state index contributed by atoms with van der Waals surface area (Å²) in [5.41, 5.74) is 0.977. The minimum Gasteiger partial charge on any atom is -0.387 e. The lowest BCUT2D eigenvalue weighted by molar-refractivity contribution is 0.119. The molecule has 0 fully saturated rings. The Labute approximate surface area is 100 Å². The van der Waals surface area contributed by atoms with Gasteiger partial charge in [0.05, 0.1) is 6.10 Å². The normalized spacial score (nSPS) is 13.1. The monoisotopic (exact) mass is 271 g/mol. The maximum absolute atomic E-state index is 9.99. The SMILES string of the molecule is CCN(CC)C[C@@H](O)c1ccc(Br)cc1. The number of rotatable bonds is 5. The van der Waals surface area contributed by atoms with E-state index in [9.17, 15) is 5.11 Å². The van der Waals surface area contributed by atoms with E-state index in [4.69, 9.17) is 0 Å². The van der Waals surface area contributed by atoms with Gasteiger partial charge in [0.25, 0.3) is 0 Å². The summed E-state index contributed by atoms with van der Waals surface area (Å²) in [6, 6.07) is 7.83. The summed E-state index contributed by atoms with van der Waals surface area (Å²) in [6.45, 7) is 6.87. The summed E-state index contributed by atoms with van der Waals surface area (Å²) >= 11 is 3.38. The molecule has 0 heterocycles. The van der Waals surface area contributed by atoms with E-state index in [2.05, 4.69) is 34.7 Å². The van der Waals surface area contributed by atoms with Gasteiger partial charge in [0.15, 0.2) is 0 Å². The van der Waals surface area contributed by atoms with Crippen molar-refractivity contribution in [3.63, 3.8) is 0 Å². The Hall–Kier alpha value is -0.380. The van der Waals surface area contributed by atoms with Crippen LogP contribution in [0.5, 0.6) is 0 Å². The average Bonchev–Trinajstić information content (AvgIpc) is 2.26. The molecule has 2 nitrogen and oxygen atoms in total. The standard InChI is InChI=1S/C12H18BrNO/c1-3-14(4-2)9-12(15)10-5-7-11(13)8-6-10/h5-8,12,15H,3-4,9H2,1-2H3/t12-/m1/s1. The third-order valence-electron chi connectivity index (χ3n) is 2.58. The molecule has 0 amide bonds. The second kappa shape index (κ2) is 6.26. The first-order valence-electron chi connectivity index (χ1n) is 5.33. The van der Waals surface area contributed by atoms with Gasteiger partial charge in [0.1, 0.15) is 0 Å². The Balaban J connectivity index is 2.60. The number of benzene rings is 1. The molecule has 1 rings (SSSR count). The highest BCUT2D eigenvalue weighted by atomic mass is 79.9. The summed E-state index contributed by atoms with van der Waals surface area (Å²) in [5, 5.41) is 9.99. The molecule has 1 aromatic carbocycles. The van der Waals surface area contributed by atoms with Gasteiger partial charge in [-0.15, -0.1) is 0 Å². The Kier molecular flexibility index (Phi) is 5.29. The lowest BCUT2D eigenvalue weighted by atomic mass is 10.1. The maximum atomic E-state index is 9.99. The Bertz CT molecular complexity index is 282. The number of hydrogen-bond acceptors (Lipinski definition) is 2. The molecule has 0 aliphatic carbocycles. The molecule has 0 unspecified atom stereocenters. The van der Waals surface area contributed by atoms with Crippen LogP contribution in [0.1, 0.15) is 25.5 Å². The van der Waals surface area contributed by atoms with Crippen LogP contribution in [0.2, 0.25) is 0 Å². The molecule has 0 aliphatic heterocycles. The second-order valence-electron chi connectivity index (χ2n) is 3.55. The molecule has 0 saturated carbocycles. The molecule has 1 N–H and O–H groups in total. The summed E-state index contributed by atoms with van der Waals surface area (Å²) < 4.78 is 1.04.